The van der Waals surface area contributed by atoms with Gasteiger partial charge in [-0.05, 0) is 29.0 Å². The average Bonchev–Trinajstić information content (AvgIpc) is 3.06. The summed E-state index contributed by atoms with van der Waals surface area (Å²) in [5.41, 5.74) is 2.48. The molecular formula is C22H14N2O2S. The van der Waals surface area contributed by atoms with Crippen LogP contribution in [0.25, 0.3) is 27.7 Å². The largest absolute Gasteiger partial charge is 0.431 e. The molecule has 0 aliphatic carbocycles. The third-order valence-corrected chi connectivity index (χ3v) is 5.50. The Kier molecular flexibility index (Phi) is 3.80. The van der Waals surface area contributed by atoms with Gasteiger partial charge in [-0.25, -0.2) is 9.78 Å². The lowest BCUT2D eigenvalue weighted by atomic mass is 10.0. The molecule has 5 aromatic rings. The standard InChI is InChI=1S/C22H14N2O2S/c25-20-14-16(11-13-26-20)27-22-21(23-19-10-3-4-12-24(19)22)18-9-5-7-15-6-1-2-8-17(15)18/h1-14H. The lowest BCUT2D eigenvalue weighted by molar-refractivity contribution is 0.506. The van der Waals surface area contributed by atoms with E-state index in [9.17, 15) is 4.79 Å². The highest BCUT2D eigenvalue weighted by molar-refractivity contribution is 7.99. The van der Waals surface area contributed by atoms with Gasteiger partial charge in [-0.2, -0.15) is 0 Å². The number of pyridine rings is 1. The summed E-state index contributed by atoms with van der Waals surface area (Å²) in [6, 6.07) is 23.8. The summed E-state index contributed by atoms with van der Waals surface area (Å²) in [5, 5.41) is 3.29. The second-order valence-corrected chi connectivity index (χ2v) is 7.17. The van der Waals surface area contributed by atoms with E-state index in [1.165, 1.54) is 29.5 Å². The summed E-state index contributed by atoms with van der Waals surface area (Å²) < 4.78 is 6.91. The quantitative estimate of drug-likeness (QED) is 0.435. The maximum absolute atomic E-state index is 11.6. The molecule has 3 heterocycles. The van der Waals surface area contributed by atoms with E-state index in [1.54, 1.807) is 6.07 Å². The van der Waals surface area contributed by atoms with Crippen LogP contribution in [-0.2, 0) is 0 Å². The number of hydrogen-bond acceptors (Lipinski definition) is 4. The first-order chi connectivity index (χ1) is 13.3. The zero-order valence-corrected chi connectivity index (χ0v) is 15.0. The molecule has 0 radical (unpaired) electrons. The van der Waals surface area contributed by atoms with Gasteiger partial charge in [-0.15, -0.1) is 0 Å². The van der Waals surface area contributed by atoms with E-state index in [-0.39, 0.29) is 5.63 Å². The number of aromatic nitrogens is 2. The van der Waals surface area contributed by atoms with Crippen LogP contribution in [0.3, 0.4) is 0 Å². The van der Waals surface area contributed by atoms with Gasteiger partial charge in [0.15, 0.2) is 0 Å². The number of imidazole rings is 1. The highest BCUT2D eigenvalue weighted by Gasteiger charge is 2.17. The Labute approximate surface area is 159 Å². The van der Waals surface area contributed by atoms with Crippen LogP contribution in [0, 0.1) is 0 Å². The van der Waals surface area contributed by atoms with Gasteiger partial charge in [0.25, 0.3) is 0 Å². The Hall–Kier alpha value is -3.31. The first-order valence-electron chi connectivity index (χ1n) is 8.51. The van der Waals surface area contributed by atoms with Crippen LogP contribution < -0.4 is 5.63 Å². The first-order valence-corrected chi connectivity index (χ1v) is 9.33. The summed E-state index contributed by atoms with van der Waals surface area (Å²) in [6.07, 6.45) is 3.41. The fourth-order valence-corrected chi connectivity index (χ4v) is 4.23. The third kappa shape index (κ3) is 2.82. The molecule has 0 saturated heterocycles. The molecule has 27 heavy (non-hydrogen) atoms. The molecule has 5 heteroatoms. The maximum Gasteiger partial charge on any atom is 0.336 e. The predicted molar refractivity (Wildman–Crippen MR) is 107 cm³/mol. The predicted octanol–water partition coefficient (Wildman–Crippen LogP) is 5.26. The van der Waals surface area contributed by atoms with E-state index in [0.717, 1.165) is 32.2 Å². The number of hydrogen-bond donors (Lipinski definition) is 0. The molecule has 0 bridgehead atoms. The molecule has 0 spiro atoms. The van der Waals surface area contributed by atoms with Gasteiger partial charge in [-0.3, -0.25) is 4.40 Å². The summed E-state index contributed by atoms with van der Waals surface area (Å²) in [4.78, 5) is 17.3. The van der Waals surface area contributed by atoms with Crippen LogP contribution in [0.1, 0.15) is 0 Å². The Balaban J connectivity index is 1.78. The van der Waals surface area contributed by atoms with Crippen molar-refractivity contribution in [2.75, 3.05) is 0 Å². The minimum absolute atomic E-state index is 0.361. The highest BCUT2D eigenvalue weighted by Crippen LogP contribution is 2.38. The molecular weight excluding hydrogens is 356 g/mol. The molecule has 0 atom stereocenters. The van der Waals surface area contributed by atoms with E-state index in [2.05, 4.69) is 28.7 Å². The van der Waals surface area contributed by atoms with Crippen molar-refractivity contribution in [1.82, 2.24) is 9.38 Å². The number of benzene rings is 2. The van der Waals surface area contributed by atoms with Crippen LogP contribution in [0.15, 0.2) is 104 Å². The summed E-state index contributed by atoms with van der Waals surface area (Å²) in [5.74, 6) is 0. The molecule has 0 aliphatic rings. The minimum atomic E-state index is -0.361. The smallest absolute Gasteiger partial charge is 0.336 e. The first kappa shape index (κ1) is 15.9. The Bertz CT molecular complexity index is 1330. The Morgan fingerprint density at radius 3 is 2.70 bits per heavy atom. The van der Waals surface area contributed by atoms with Crippen LogP contribution in [0.4, 0.5) is 0 Å². The molecule has 0 amide bonds. The van der Waals surface area contributed by atoms with E-state index in [1.807, 2.05) is 42.6 Å². The maximum atomic E-state index is 11.6. The van der Waals surface area contributed by atoms with Crippen molar-refractivity contribution in [1.29, 1.82) is 0 Å². The van der Waals surface area contributed by atoms with Gasteiger partial charge in [0, 0.05) is 22.7 Å². The van der Waals surface area contributed by atoms with Crippen LogP contribution in [0.5, 0.6) is 0 Å². The minimum Gasteiger partial charge on any atom is -0.431 e. The van der Waals surface area contributed by atoms with Gasteiger partial charge < -0.3 is 4.42 Å². The second kappa shape index (κ2) is 6.45. The van der Waals surface area contributed by atoms with E-state index in [0.29, 0.717) is 0 Å². The summed E-state index contributed by atoms with van der Waals surface area (Å²) >= 11 is 1.51. The third-order valence-electron chi connectivity index (χ3n) is 4.42. The molecule has 0 fully saturated rings. The summed E-state index contributed by atoms with van der Waals surface area (Å²) in [6.45, 7) is 0. The Morgan fingerprint density at radius 2 is 1.78 bits per heavy atom. The zero-order valence-electron chi connectivity index (χ0n) is 14.2. The topological polar surface area (TPSA) is 47.5 Å². The molecule has 0 aliphatic heterocycles. The van der Waals surface area contributed by atoms with Gasteiger partial charge in [0.05, 0.1) is 6.26 Å². The fourth-order valence-electron chi connectivity index (χ4n) is 3.22. The van der Waals surface area contributed by atoms with Gasteiger partial charge in [0.2, 0.25) is 0 Å². The number of nitrogens with zero attached hydrogens (tertiary/aromatic N) is 2. The van der Waals surface area contributed by atoms with Crippen molar-refractivity contribution in [2.24, 2.45) is 0 Å². The van der Waals surface area contributed by atoms with Crippen molar-refractivity contribution in [3.8, 4) is 11.3 Å². The van der Waals surface area contributed by atoms with E-state index >= 15 is 0 Å². The monoisotopic (exact) mass is 370 g/mol. The van der Waals surface area contributed by atoms with Crippen molar-refractivity contribution in [3.05, 3.63) is 95.7 Å². The van der Waals surface area contributed by atoms with Crippen molar-refractivity contribution < 1.29 is 4.42 Å². The van der Waals surface area contributed by atoms with Gasteiger partial charge in [-0.1, -0.05) is 60.3 Å². The van der Waals surface area contributed by atoms with Crippen LogP contribution >= 0.6 is 11.8 Å². The SMILES string of the molecule is O=c1cc(Sc2c(-c3cccc4ccccc34)nc3ccccn23)cco1. The second-order valence-electron chi connectivity index (χ2n) is 6.11. The van der Waals surface area contributed by atoms with E-state index < -0.39 is 0 Å². The molecule has 4 nitrogen and oxygen atoms in total. The molecule has 2 aromatic carbocycles. The Morgan fingerprint density at radius 1 is 0.926 bits per heavy atom. The summed E-state index contributed by atoms with van der Waals surface area (Å²) in [7, 11) is 0. The molecule has 130 valence electrons. The van der Waals surface area contributed by atoms with Gasteiger partial charge >= 0.3 is 5.63 Å². The average molecular weight is 370 g/mol. The molecule has 3 aromatic heterocycles. The van der Waals surface area contributed by atoms with Crippen LogP contribution in [0.2, 0.25) is 0 Å². The molecule has 0 saturated carbocycles. The van der Waals surface area contributed by atoms with Crippen molar-refractivity contribution in [3.63, 3.8) is 0 Å². The molecule has 0 N–H and O–H groups in total. The molecule has 0 unspecified atom stereocenters. The lowest BCUT2D eigenvalue weighted by Gasteiger charge is -2.07. The van der Waals surface area contributed by atoms with Crippen molar-refractivity contribution in [2.45, 2.75) is 9.92 Å². The lowest BCUT2D eigenvalue weighted by Crippen LogP contribution is -1.95. The number of rotatable bonds is 3. The normalized spacial score (nSPS) is 11.3. The van der Waals surface area contributed by atoms with Crippen LogP contribution in [-0.4, -0.2) is 9.38 Å². The molecule has 5 rings (SSSR count). The number of fused-ring (bicyclic) bond motifs is 2. The highest BCUT2D eigenvalue weighted by atomic mass is 32.2. The van der Waals surface area contributed by atoms with Gasteiger partial charge in [0.1, 0.15) is 16.4 Å². The zero-order chi connectivity index (χ0) is 18.2. The van der Waals surface area contributed by atoms with E-state index in [4.69, 9.17) is 9.40 Å². The van der Waals surface area contributed by atoms with Crippen molar-refractivity contribution >= 4 is 28.2 Å². The fraction of sp³-hybridized carbons (Fsp3) is 0.